The van der Waals surface area contributed by atoms with E-state index in [1.165, 1.54) is 22.3 Å². The summed E-state index contributed by atoms with van der Waals surface area (Å²) in [5, 5.41) is 6.25. The maximum absolute atomic E-state index is 12.2. The second kappa shape index (κ2) is 8.85. The van der Waals surface area contributed by atoms with E-state index in [1.807, 2.05) is 12.1 Å². The Kier molecular flexibility index (Phi) is 5.83. The fourth-order valence-corrected chi connectivity index (χ4v) is 3.81. The van der Waals surface area contributed by atoms with Crippen molar-refractivity contribution in [2.24, 2.45) is 0 Å². The molecular weight excluding hydrogens is 344 g/mol. The van der Waals surface area contributed by atoms with Crippen molar-refractivity contribution < 1.29 is 4.79 Å². The first-order valence-electron chi connectivity index (χ1n) is 10.1. The Hall–Kier alpha value is -2.91. The summed E-state index contributed by atoms with van der Waals surface area (Å²) >= 11 is 0. The highest BCUT2D eigenvalue weighted by Gasteiger charge is 2.21. The average Bonchev–Trinajstić information content (AvgIpc) is 3.29. The lowest BCUT2D eigenvalue weighted by atomic mass is 9.95. The zero-order valence-electron chi connectivity index (χ0n) is 16.0. The molecule has 3 nitrogen and oxygen atoms in total. The van der Waals surface area contributed by atoms with E-state index in [4.69, 9.17) is 0 Å². The molecule has 3 aromatic rings. The molecule has 1 heterocycles. The predicted molar refractivity (Wildman–Crippen MR) is 115 cm³/mol. The van der Waals surface area contributed by atoms with Crippen molar-refractivity contribution in [1.29, 1.82) is 0 Å². The third-order valence-corrected chi connectivity index (χ3v) is 5.38. The summed E-state index contributed by atoms with van der Waals surface area (Å²) in [6.07, 6.45) is 3.96. The molecule has 1 saturated heterocycles. The number of anilines is 1. The van der Waals surface area contributed by atoms with Crippen molar-refractivity contribution in [2.75, 3.05) is 11.9 Å². The van der Waals surface area contributed by atoms with Gasteiger partial charge in [-0.15, -0.1) is 0 Å². The lowest BCUT2D eigenvalue weighted by molar-refractivity contribution is -0.117. The van der Waals surface area contributed by atoms with E-state index in [1.54, 1.807) is 0 Å². The normalized spacial score (nSPS) is 16.1. The van der Waals surface area contributed by atoms with Crippen molar-refractivity contribution >= 4 is 11.6 Å². The van der Waals surface area contributed by atoms with Crippen LogP contribution < -0.4 is 10.6 Å². The molecule has 1 aliphatic heterocycles. The molecule has 1 atom stereocenters. The summed E-state index contributed by atoms with van der Waals surface area (Å²) in [6, 6.07) is 27.4. The molecule has 3 heteroatoms. The van der Waals surface area contributed by atoms with Gasteiger partial charge in [-0.25, -0.2) is 0 Å². The van der Waals surface area contributed by atoms with Crippen LogP contribution >= 0.6 is 0 Å². The van der Waals surface area contributed by atoms with Crippen LogP contribution in [-0.4, -0.2) is 18.5 Å². The molecule has 1 fully saturated rings. The molecule has 142 valence electrons. The predicted octanol–water partition coefficient (Wildman–Crippen LogP) is 4.83. The van der Waals surface area contributed by atoms with Gasteiger partial charge in [0.25, 0.3) is 0 Å². The Morgan fingerprint density at radius 1 is 0.893 bits per heavy atom. The molecule has 0 radical (unpaired) electrons. The van der Waals surface area contributed by atoms with Crippen LogP contribution in [0.15, 0.2) is 78.9 Å². The van der Waals surface area contributed by atoms with Gasteiger partial charge < -0.3 is 10.6 Å². The number of amides is 1. The molecule has 2 N–H and O–H groups in total. The number of benzene rings is 3. The van der Waals surface area contributed by atoms with Crippen molar-refractivity contribution in [1.82, 2.24) is 5.32 Å². The average molecular weight is 370 g/mol. The third kappa shape index (κ3) is 4.49. The van der Waals surface area contributed by atoms with E-state index < -0.39 is 0 Å². The van der Waals surface area contributed by atoms with Gasteiger partial charge in [-0.1, -0.05) is 66.7 Å². The first-order chi connectivity index (χ1) is 13.8. The molecule has 0 spiro atoms. The van der Waals surface area contributed by atoms with Gasteiger partial charge in [0.15, 0.2) is 0 Å². The monoisotopic (exact) mass is 370 g/mol. The van der Waals surface area contributed by atoms with Gasteiger partial charge in [0.2, 0.25) is 5.91 Å². The van der Waals surface area contributed by atoms with Gasteiger partial charge in [-0.3, -0.25) is 4.79 Å². The summed E-state index contributed by atoms with van der Waals surface area (Å²) in [7, 11) is 0. The summed E-state index contributed by atoms with van der Waals surface area (Å²) in [5.41, 5.74) is 6.07. The maximum atomic E-state index is 12.2. The Labute approximate surface area is 166 Å². The quantitative estimate of drug-likeness (QED) is 0.652. The van der Waals surface area contributed by atoms with Crippen LogP contribution in [0.1, 0.15) is 24.0 Å². The Morgan fingerprint density at radius 3 is 2.39 bits per heavy atom. The molecule has 1 amide bonds. The number of aryl methyl sites for hydroxylation is 2. The van der Waals surface area contributed by atoms with Gasteiger partial charge in [-0.05, 0) is 66.6 Å². The number of hydrogen-bond donors (Lipinski definition) is 2. The van der Waals surface area contributed by atoms with Crippen LogP contribution in [0.25, 0.3) is 11.1 Å². The minimum absolute atomic E-state index is 0.0471. The minimum Gasteiger partial charge on any atom is -0.325 e. The van der Waals surface area contributed by atoms with Gasteiger partial charge >= 0.3 is 0 Å². The maximum Gasteiger partial charge on any atom is 0.241 e. The number of nitrogens with one attached hydrogen (secondary N) is 2. The van der Waals surface area contributed by atoms with Crippen molar-refractivity contribution in [2.45, 2.75) is 31.7 Å². The molecule has 0 saturated carbocycles. The summed E-state index contributed by atoms with van der Waals surface area (Å²) < 4.78 is 0. The van der Waals surface area contributed by atoms with E-state index in [2.05, 4.69) is 77.4 Å². The standard InChI is InChI=1S/C25H26N2O/c28-25(24-11-6-18-26-24)27-22-16-13-19(14-17-22)12-15-21-9-4-5-10-23(21)20-7-2-1-3-8-20/h1-5,7-10,13-14,16-17,24,26H,6,11-12,15,18H2,(H,27,28). The van der Waals surface area contributed by atoms with Crippen LogP contribution in [0.3, 0.4) is 0 Å². The summed E-state index contributed by atoms with van der Waals surface area (Å²) in [6.45, 7) is 0.932. The highest BCUT2D eigenvalue weighted by atomic mass is 16.2. The minimum atomic E-state index is -0.0471. The first kappa shape index (κ1) is 18.5. The Bertz CT molecular complexity index is 913. The van der Waals surface area contributed by atoms with Crippen LogP contribution in [0, 0.1) is 0 Å². The van der Waals surface area contributed by atoms with Gasteiger partial charge in [0.05, 0.1) is 6.04 Å². The van der Waals surface area contributed by atoms with Crippen molar-refractivity contribution in [3.63, 3.8) is 0 Å². The molecule has 0 bridgehead atoms. The van der Waals surface area contributed by atoms with Gasteiger partial charge in [0, 0.05) is 5.69 Å². The summed E-state index contributed by atoms with van der Waals surface area (Å²) in [5.74, 6) is 0.0713. The number of hydrogen-bond acceptors (Lipinski definition) is 2. The van der Waals surface area contributed by atoms with Crippen molar-refractivity contribution in [3.8, 4) is 11.1 Å². The molecule has 3 aromatic carbocycles. The topological polar surface area (TPSA) is 41.1 Å². The molecular formula is C25H26N2O. The van der Waals surface area contributed by atoms with E-state index in [0.717, 1.165) is 37.9 Å². The highest BCUT2D eigenvalue weighted by molar-refractivity contribution is 5.95. The third-order valence-electron chi connectivity index (χ3n) is 5.38. The fourth-order valence-electron chi connectivity index (χ4n) is 3.81. The van der Waals surface area contributed by atoms with Crippen LogP contribution in [0.2, 0.25) is 0 Å². The van der Waals surface area contributed by atoms with Gasteiger partial charge in [0.1, 0.15) is 0 Å². The Balaban J connectivity index is 1.39. The zero-order chi connectivity index (χ0) is 19.2. The zero-order valence-corrected chi connectivity index (χ0v) is 16.0. The lowest BCUT2D eigenvalue weighted by Gasteiger charge is -2.12. The number of carbonyl (C=O) groups is 1. The highest BCUT2D eigenvalue weighted by Crippen LogP contribution is 2.25. The molecule has 1 unspecified atom stereocenters. The SMILES string of the molecule is O=C(Nc1ccc(CCc2ccccc2-c2ccccc2)cc1)C1CCCN1. The molecule has 0 aliphatic carbocycles. The molecule has 4 rings (SSSR count). The summed E-state index contributed by atoms with van der Waals surface area (Å²) in [4.78, 5) is 12.2. The molecule has 28 heavy (non-hydrogen) atoms. The largest absolute Gasteiger partial charge is 0.325 e. The first-order valence-corrected chi connectivity index (χ1v) is 10.1. The van der Waals surface area contributed by atoms with E-state index in [0.29, 0.717) is 0 Å². The fraction of sp³-hybridized carbons (Fsp3) is 0.240. The number of rotatable bonds is 6. The molecule has 1 aliphatic rings. The second-order valence-electron chi connectivity index (χ2n) is 7.36. The lowest BCUT2D eigenvalue weighted by Crippen LogP contribution is -2.35. The van der Waals surface area contributed by atoms with Crippen LogP contribution in [-0.2, 0) is 17.6 Å². The van der Waals surface area contributed by atoms with Crippen molar-refractivity contribution in [3.05, 3.63) is 90.0 Å². The van der Waals surface area contributed by atoms with E-state index >= 15 is 0 Å². The second-order valence-corrected chi connectivity index (χ2v) is 7.36. The Morgan fingerprint density at radius 2 is 1.64 bits per heavy atom. The van der Waals surface area contributed by atoms with E-state index in [9.17, 15) is 4.79 Å². The van der Waals surface area contributed by atoms with Crippen LogP contribution in [0.5, 0.6) is 0 Å². The molecule has 0 aromatic heterocycles. The number of carbonyl (C=O) groups excluding carboxylic acids is 1. The van der Waals surface area contributed by atoms with E-state index in [-0.39, 0.29) is 11.9 Å². The van der Waals surface area contributed by atoms with Crippen LogP contribution in [0.4, 0.5) is 5.69 Å². The smallest absolute Gasteiger partial charge is 0.241 e. The van der Waals surface area contributed by atoms with Gasteiger partial charge in [-0.2, -0.15) is 0 Å².